The summed E-state index contributed by atoms with van der Waals surface area (Å²) in [6, 6.07) is 11.5. The molecule has 3 aromatic rings. The van der Waals surface area contributed by atoms with Crippen LogP contribution in [0, 0.1) is 0 Å². The SMILES string of the molecule is CC(C)(C)OC(=O)N1CC[C@@H](c2ccccc2)[C@@H]1c1nc2cc(Br)sc2c(=O)[nH]1. The third-order valence-corrected chi connectivity index (χ3v) is 6.53. The van der Waals surface area contributed by atoms with Gasteiger partial charge in [0.15, 0.2) is 0 Å². The third kappa shape index (κ3) is 4.09. The first-order chi connectivity index (χ1) is 13.7. The lowest BCUT2D eigenvalue weighted by atomic mass is 9.91. The molecule has 0 aliphatic carbocycles. The maximum absolute atomic E-state index is 13.0. The van der Waals surface area contributed by atoms with Gasteiger partial charge in [-0.3, -0.25) is 9.69 Å². The van der Waals surface area contributed by atoms with Crippen molar-refractivity contribution in [2.45, 2.75) is 44.8 Å². The van der Waals surface area contributed by atoms with Crippen molar-refractivity contribution in [3.05, 3.63) is 61.9 Å². The van der Waals surface area contributed by atoms with E-state index in [1.54, 1.807) is 4.90 Å². The molecule has 1 saturated heterocycles. The highest BCUT2D eigenvalue weighted by Crippen LogP contribution is 2.43. The number of hydrogen-bond donors (Lipinski definition) is 1. The van der Waals surface area contributed by atoms with Crippen LogP contribution < -0.4 is 5.56 Å². The number of amides is 1. The van der Waals surface area contributed by atoms with Crippen molar-refractivity contribution in [3.63, 3.8) is 0 Å². The Kier molecular flexibility index (Phi) is 5.25. The van der Waals surface area contributed by atoms with E-state index in [9.17, 15) is 9.59 Å². The van der Waals surface area contributed by atoms with Crippen molar-refractivity contribution in [2.75, 3.05) is 6.54 Å². The van der Waals surface area contributed by atoms with Gasteiger partial charge in [0.25, 0.3) is 5.56 Å². The van der Waals surface area contributed by atoms with Crippen molar-refractivity contribution in [2.24, 2.45) is 0 Å². The Bertz CT molecular complexity index is 1100. The molecule has 0 bridgehead atoms. The highest BCUT2D eigenvalue weighted by molar-refractivity contribution is 9.11. The zero-order valence-electron chi connectivity index (χ0n) is 16.4. The quantitative estimate of drug-likeness (QED) is 0.551. The number of benzene rings is 1. The molecule has 1 amide bonds. The van der Waals surface area contributed by atoms with Gasteiger partial charge in [-0.15, -0.1) is 11.3 Å². The Morgan fingerprint density at radius 3 is 2.72 bits per heavy atom. The van der Waals surface area contributed by atoms with Crippen molar-refractivity contribution in [1.82, 2.24) is 14.9 Å². The summed E-state index contributed by atoms with van der Waals surface area (Å²) in [5.74, 6) is 0.511. The monoisotopic (exact) mass is 475 g/mol. The number of carbonyl (C=O) groups is 1. The molecule has 1 aliphatic heterocycles. The summed E-state index contributed by atoms with van der Waals surface area (Å²) in [5.41, 5.74) is 0.944. The average Bonchev–Trinajstić information content (AvgIpc) is 3.24. The molecular formula is C21H22BrN3O3S. The minimum absolute atomic E-state index is 0.0198. The molecule has 0 unspecified atom stereocenters. The minimum Gasteiger partial charge on any atom is -0.444 e. The number of rotatable bonds is 2. The second kappa shape index (κ2) is 7.57. The summed E-state index contributed by atoms with van der Waals surface area (Å²) in [7, 11) is 0. The maximum Gasteiger partial charge on any atom is 0.410 e. The van der Waals surface area contributed by atoms with Gasteiger partial charge >= 0.3 is 6.09 Å². The summed E-state index contributed by atoms with van der Waals surface area (Å²) < 4.78 is 7.05. The molecule has 6 nitrogen and oxygen atoms in total. The number of aromatic amines is 1. The highest BCUT2D eigenvalue weighted by Gasteiger charge is 2.42. The number of carbonyl (C=O) groups excluding carboxylic acids is 1. The van der Waals surface area contributed by atoms with Gasteiger partial charge in [-0.05, 0) is 54.8 Å². The molecule has 2 aromatic heterocycles. The summed E-state index contributed by atoms with van der Waals surface area (Å²) in [6.45, 7) is 6.08. The van der Waals surface area contributed by atoms with Crippen LogP contribution in [-0.2, 0) is 4.74 Å². The molecule has 29 heavy (non-hydrogen) atoms. The first-order valence-corrected chi connectivity index (χ1v) is 11.1. The van der Waals surface area contributed by atoms with Gasteiger partial charge in [-0.1, -0.05) is 30.3 Å². The van der Waals surface area contributed by atoms with E-state index < -0.39 is 17.7 Å². The predicted octanol–water partition coefficient (Wildman–Crippen LogP) is 5.21. The van der Waals surface area contributed by atoms with E-state index >= 15 is 0 Å². The van der Waals surface area contributed by atoms with Crippen LogP contribution in [0.15, 0.2) is 45.0 Å². The van der Waals surface area contributed by atoms with Gasteiger partial charge < -0.3 is 9.72 Å². The Labute approximate surface area is 181 Å². The Morgan fingerprint density at radius 1 is 1.31 bits per heavy atom. The van der Waals surface area contributed by atoms with E-state index in [0.29, 0.717) is 22.6 Å². The van der Waals surface area contributed by atoms with Crippen molar-refractivity contribution >= 4 is 43.6 Å². The van der Waals surface area contributed by atoms with Crippen LogP contribution in [0.25, 0.3) is 10.2 Å². The van der Waals surface area contributed by atoms with Gasteiger partial charge in [0.1, 0.15) is 22.2 Å². The first kappa shape index (κ1) is 20.1. The fourth-order valence-corrected chi connectivity index (χ4v) is 5.19. The van der Waals surface area contributed by atoms with Crippen molar-refractivity contribution < 1.29 is 9.53 Å². The van der Waals surface area contributed by atoms with E-state index in [1.807, 2.05) is 57.2 Å². The van der Waals surface area contributed by atoms with Crippen molar-refractivity contribution in [3.8, 4) is 0 Å². The van der Waals surface area contributed by atoms with Crippen LogP contribution in [-0.4, -0.2) is 33.1 Å². The maximum atomic E-state index is 13.0. The Morgan fingerprint density at radius 2 is 2.03 bits per heavy atom. The van der Waals surface area contributed by atoms with E-state index in [1.165, 1.54) is 11.3 Å². The van der Waals surface area contributed by atoms with E-state index in [4.69, 9.17) is 9.72 Å². The second-order valence-corrected chi connectivity index (χ2v) is 10.6. The minimum atomic E-state index is -0.602. The van der Waals surface area contributed by atoms with Crippen molar-refractivity contribution in [1.29, 1.82) is 0 Å². The number of hydrogen-bond acceptors (Lipinski definition) is 5. The number of aromatic nitrogens is 2. The van der Waals surface area contributed by atoms with Gasteiger partial charge in [0.2, 0.25) is 0 Å². The molecule has 3 heterocycles. The number of likely N-dealkylation sites (tertiary alicyclic amines) is 1. The summed E-state index contributed by atoms with van der Waals surface area (Å²) in [4.78, 5) is 35.0. The number of H-pyrrole nitrogens is 1. The van der Waals surface area contributed by atoms with E-state index in [0.717, 1.165) is 15.8 Å². The van der Waals surface area contributed by atoms with Crippen LogP contribution in [0.2, 0.25) is 0 Å². The largest absolute Gasteiger partial charge is 0.444 e. The smallest absolute Gasteiger partial charge is 0.410 e. The second-order valence-electron chi connectivity index (χ2n) is 8.14. The van der Waals surface area contributed by atoms with E-state index in [-0.39, 0.29) is 11.5 Å². The van der Waals surface area contributed by atoms with Gasteiger partial charge in [0.05, 0.1) is 9.30 Å². The lowest BCUT2D eigenvalue weighted by molar-refractivity contribution is 0.0211. The topological polar surface area (TPSA) is 75.3 Å². The molecule has 8 heteroatoms. The molecule has 0 radical (unpaired) electrons. The Hall–Kier alpha value is -2.19. The predicted molar refractivity (Wildman–Crippen MR) is 117 cm³/mol. The molecule has 1 N–H and O–H groups in total. The number of nitrogens with one attached hydrogen (secondary N) is 1. The van der Waals surface area contributed by atoms with Crippen LogP contribution in [0.1, 0.15) is 50.5 Å². The molecule has 0 spiro atoms. The standard InChI is InChI=1S/C21H22BrN3O3S/c1-21(2,3)28-20(27)25-10-9-13(12-7-5-4-6-8-12)16(25)18-23-14-11-15(22)29-17(14)19(26)24-18/h4-8,11,13,16H,9-10H2,1-3H3,(H,23,24,26)/t13-,16+/m0/s1. The number of ether oxygens (including phenoxy) is 1. The van der Waals surface area contributed by atoms with Crippen LogP contribution >= 0.6 is 27.3 Å². The lowest BCUT2D eigenvalue weighted by Crippen LogP contribution is -2.38. The summed E-state index contributed by atoms with van der Waals surface area (Å²) >= 11 is 4.77. The molecule has 1 fully saturated rings. The molecule has 1 aromatic carbocycles. The summed E-state index contributed by atoms with van der Waals surface area (Å²) in [6.07, 6.45) is 0.374. The number of fused-ring (bicyclic) bond motifs is 1. The molecular weight excluding hydrogens is 454 g/mol. The molecule has 1 aliphatic rings. The third-order valence-electron chi connectivity index (χ3n) is 4.90. The number of nitrogens with zero attached hydrogens (tertiary/aromatic N) is 2. The molecule has 0 saturated carbocycles. The molecule has 4 rings (SSSR count). The molecule has 2 atom stereocenters. The van der Waals surface area contributed by atoms with Gasteiger partial charge in [0, 0.05) is 12.5 Å². The van der Waals surface area contributed by atoms with Crippen LogP contribution in [0.4, 0.5) is 4.79 Å². The molecule has 152 valence electrons. The fourth-order valence-electron chi connectivity index (χ4n) is 3.77. The lowest BCUT2D eigenvalue weighted by Gasteiger charge is -2.30. The zero-order chi connectivity index (χ0) is 20.8. The van der Waals surface area contributed by atoms with Crippen LogP contribution in [0.3, 0.4) is 0 Å². The van der Waals surface area contributed by atoms with Gasteiger partial charge in [-0.25, -0.2) is 9.78 Å². The average molecular weight is 476 g/mol. The first-order valence-electron chi connectivity index (χ1n) is 9.47. The summed E-state index contributed by atoms with van der Waals surface area (Å²) in [5, 5.41) is 0. The van der Waals surface area contributed by atoms with E-state index in [2.05, 4.69) is 20.9 Å². The van der Waals surface area contributed by atoms with Crippen LogP contribution in [0.5, 0.6) is 0 Å². The fraction of sp³-hybridized carbons (Fsp3) is 0.381. The normalized spacial score (nSPS) is 19.7. The van der Waals surface area contributed by atoms with Gasteiger partial charge in [-0.2, -0.15) is 0 Å². The number of halogens is 1. The number of thiophene rings is 1. The Balaban J connectivity index is 1.80. The zero-order valence-corrected chi connectivity index (χ0v) is 18.8. The highest BCUT2D eigenvalue weighted by atomic mass is 79.9.